The molecule has 2 rings (SSSR count). The first-order valence-corrected chi connectivity index (χ1v) is 8.65. The lowest BCUT2D eigenvalue weighted by atomic mass is 10.0. The predicted octanol–water partition coefficient (Wildman–Crippen LogP) is 3.19. The highest BCUT2D eigenvalue weighted by atomic mass is 32.2. The summed E-state index contributed by atoms with van der Waals surface area (Å²) < 4.78 is 5.59. The minimum absolute atomic E-state index is 0.420. The summed E-state index contributed by atoms with van der Waals surface area (Å²) >= 11 is 4.15. The number of hydrogen-bond acceptors (Lipinski definition) is 4. The Morgan fingerprint density at radius 3 is 3.00 bits per heavy atom. The minimum Gasteiger partial charge on any atom is -0.494 e. The molecule has 0 radical (unpaired) electrons. The number of benzene rings is 1. The average molecular weight is 283 g/mol. The van der Waals surface area contributed by atoms with E-state index in [9.17, 15) is 0 Å². The molecule has 4 heteroatoms. The van der Waals surface area contributed by atoms with Gasteiger partial charge in [0.2, 0.25) is 0 Å². The van der Waals surface area contributed by atoms with Crippen LogP contribution >= 0.6 is 23.5 Å². The molecule has 1 aliphatic heterocycles. The van der Waals surface area contributed by atoms with Crippen LogP contribution in [-0.2, 0) is 0 Å². The molecule has 0 amide bonds. The number of ether oxygens (including phenoxy) is 1. The SMILES string of the molecule is CCOc1cccc(C(NC)C2CSCCS2)c1. The summed E-state index contributed by atoms with van der Waals surface area (Å²) in [5.41, 5.74) is 1.34. The molecular formula is C14H21NOS2. The summed E-state index contributed by atoms with van der Waals surface area (Å²) in [7, 11) is 2.05. The second-order valence-corrected chi connectivity index (χ2v) is 6.75. The summed E-state index contributed by atoms with van der Waals surface area (Å²) in [6.45, 7) is 2.75. The number of nitrogens with one attached hydrogen (secondary N) is 1. The van der Waals surface area contributed by atoms with Gasteiger partial charge in [-0.15, -0.1) is 0 Å². The van der Waals surface area contributed by atoms with Gasteiger partial charge in [-0.2, -0.15) is 23.5 Å². The van der Waals surface area contributed by atoms with Gasteiger partial charge in [-0.1, -0.05) is 12.1 Å². The molecule has 1 fully saturated rings. The zero-order chi connectivity index (χ0) is 12.8. The van der Waals surface area contributed by atoms with Gasteiger partial charge in [0.1, 0.15) is 5.75 Å². The van der Waals surface area contributed by atoms with Crippen molar-refractivity contribution in [2.24, 2.45) is 0 Å². The molecule has 2 atom stereocenters. The molecule has 2 nitrogen and oxygen atoms in total. The number of thioether (sulfide) groups is 2. The lowest BCUT2D eigenvalue weighted by Crippen LogP contribution is -2.31. The fourth-order valence-corrected chi connectivity index (χ4v) is 5.14. The van der Waals surface area contributed by atoms with Crippen LogP contribution in [0.2, 0.25) is 0 Å². The normalized spacial score (nSPS) is 21.6. The lowest BCUT2D eigenvalue weighted by Gasteiger charge is -2.29. The first-order chi connectivity index (χ1) is 8.85. The zero-order valence-corrected chi connectivity index (χ0v) is 12.7. The van der Waals surface area contributed by atoms with Gasteiger partial charge in [-0.3, -0.25) is 0 Å². The Bertz CT molecular complexity index is 367. The van der Waals surface area contributed by atoms with E-state index in [1.165, 1.54) is 22.8 Å². The van der Waals surface area contributed by atoms with Crippen LogP contribution in [0.1, 0.15) is 18.5 Å². The Kier molecular flexibility index (Phi) is 5.73. The van der Waals surface area contributed by atoms with E-state index in [4.69, 9.17) is 4.74 Å². The molecule has 1 heterocycles. The van der Waals surface area contributed by atoms with Gasteiger partial charge in [-0.05, 0) is 31.7 Å². The highest BCUT2D eigenvalue weighted by Gasteiger charge is 2.24. The maximum absolute atomic E-state index is 5.59. The topological polar surface area (TPSA) is 21.3 Å². The Morgan fingerprint density at radius 1 is 1.44 bits per heavy atom. The molecule has 0 spiro atoms. The van der Waals surface area contributed by atoms with Crippen molar-refractivity contribution in [3.63, 3.8) is 0 Å². The number of hydrogen-bond donors (Lipinski definition) is 1. The van der Waals surface area contributed by atoms with Crippen molar-refractivity contribution in [2.75, 3.05) is 30.9 Å². The van der Waals surface area contributed by atoms with E-state index in [0.29, 0.717) is 11.3 Å². The van der Waals surface area contributed by atoms with Gasteiger partial charge in [0.25, 0.3) is 0 Å². The molecule has 18 heavy (non-hydrogen) atoms. The van der Waals surface area contributed by atoms with Crippen LogP contribution in [0.5, 0.6) is 5.75 Å². The van der Waals surface area contributed by atoms with Crippen molar-refractivity contribution in [1.82, 2.24) is 5.32 Å². The minimum atomic E-state index is 0.420. The first-order valence-electron chi connectivity index (χ1n) is 6.44. The molecule has 1 N–H and O–H groups in total. The molecule has 0 aromatic heterocycles. The third-order valence-electron chi connectivity index (χ3n) is 3.05. The van der Waals surface area contributed by atoms with Crippen LogP contribution in [0, 0.1) is 0 Å². The molecule has 0 saturated carbocycles. The molecule has 0 bridgehead atoms. The summed E-state index contributed by atoms with van der Waals surface area (Å²) in [4.78, 5) is 0. The Morgan fingerprint density at radius 2 is 2.33 bits per heavy atom. The quantitative estimate of drug-likeness (QED) is 0.895. The third-order valence-corrected chi connectivity index (χ3v) is 5.92. The van der Waals surface area contributed by atoms with E-state index in [1.807, 2.05) is 13.0 Å². The van der Waals surface area contributed by atoms with Crippen molar-refractivity contribution < 1.29 is 4.74 Å². The van der Waals surface area contributed by atoms with E-state index < -0.39 is 0 Å². The van der Waals surface area contributed by atoms with Crippen LogP contribution in [0.3, 0.4) is 0 Å². The summed E-state index contributed by atoms with van der Waals surface area (Å²) in [6.07, 6.45) is 0. The van der Waals surface area contributed by atoms with Crippen molar-refractivity contribution >= 4 is 23.5 Å². The highest BCUT2D eigenvalue weighted by molar-refractivity contribution is 8.06. The Balaban J connectivity index is 2.12. The van der Waals surface area contributed by atoms with Crippen LogP contribution in [0.15, 0.2) is 24.3 Å². The van der Waals surface area contributed by atoms with Crippen molar-refractivity contribution in [3.8, 4) is 5.75 Å². The van der Waals surface area contributed by atoms with Crippen LogP contribution in [0.4, 0.5) is 0 Å². The molecule has 1 aromatic rings. The largest absolute Gasteiger partial charge is 0.494 e. The molecule has 1 saturated heterocycles. The van der Waals surface area contributed by atoms with Gasteiger partial charge in [-0.25, -0.2) is 0 Å². The highest BCUT2D eigenvalue weighted by Crippen LogP contribution is 2.34. The van der Waals surface area contributed by atoms with Gasteiger partial charge >= 0.3 is 0 Å². The monoisotopic (exact) mass is 283 g/mol. The first kappa shape index (κ1) is 14.1. The molecular weight excluding hydrogens is 262 g/mol. The number of rotatable bonds is 5. The fourth-order valence-electron chi connectivity index (χ4n) is 2.23. The van der Waals surface area contributed by atoms with Crippen LogP contribution in [0.25, 0.3) is 0 Å². The smallest absolute Gasteiger partial charge is 0.119 e. The van der Waals surface area contributed by atoms with Gasteiger partial charge in [0, 0.05) is 28.6 Å². The fraction of sp³-hybridized carbons (Fsp3) is 0.571. The molecule has 1 aliphatic rings. The summed E-state index contributed by atoms with van der Waals surface area (Å²) in [5.74, 6) is 4.76. The Labute approximate surface area is 118 Å². The molecule has 2 unspecified atom stereocenters. The molecule has 0 aliphatic carbocycles. The molecule has 1 aromatic carbocycles. The standard InChI is InChI=1S/C14H21NOS2/c1-3-16-12-6-4-5-11(9-12)14(15-2)13-10-17-7-8-18-13/h4-6,9,13-15H,3,7-8,10H2,1-2H3. The van der Waals surface area contributed by atoms with E-state index in [-0.39, 0.29) is 0 Å². The zero-order valence-electron chi connectivity index (χ0n) is 11.0. The van der Waals surface area contributed by atoms with Crippen molar-refractivity contribution in [1.29, 1.82) is 0 Å². The second-order valence-electron chi connectivity index (χ2n) is 4.26. The van der Waals surface area contributed by atoms with Crippen LogP contribution < -0.4 is 10.1 Å². The van der Waals surface area contributed by atoms with Gasteiger partial charge in [0.05, 0.1) is 6.61 Å². The second kappa shape index (κ2) is 7.31. The average Bonchev–Trinajstić information content (AvgIpc) is 2.42. The van der Waals surface area contributed by atoms with Crippen molar-refractivity contribution in [3.05, 3.63) is 29.8 Å². The molecule has 100 valence electrons. The summed E-state index contributed by atoms with van der Waals surface area (Å²) in [6, 6.07) is 8.91. The Hall–Kier alpha value is -0.320. The van der Waals surface area contributed by atoms with Gasteiger partial charge < -0.3 is 10.1 Å². The third kappa shape index (κ3) is 3.59. The van der Waals surface area contributed by atoms with E-state index in [1.54, 1.807) is 0 Å². The lowest BCUT2D eigenvalue weighted by molar-refractivity contribution is 0.339. The van der Waals surface area contributed by atoms with E-state index in [0.717, 1.165) is 12.4 Å². The van der Waals surface area contributed by atoms with E-state index >= 15 is 0 Å². The van der Waals surface area contributed by atoms with Gasteiger partial charge in [0.15, 0.2) is 0 Å². The summed E-state index contributed by atoms with van der Waals surface area (Å²) in [5, 5.41) is 4.13. The van der Waals surface area contributed by atoms with Crippen molar-refractivity contribution in [2.45, 2.75) is 18.2 Å². The maximum atomic E-state index is 5.59. The van der Waals surface area contributed by atoms with Crippen LogP contribution in [-0.4, -0.2) is 36.2 Å². The maximum Gasteiger partial charge on any atom is 0.119 e. The predicted molar refractivity (Wildman–Crippen MR) is 83.0 cm³/mol. The van der Waals surface area contributed by atoms with E-state index in [2.05, 4.69) is 54.1 Å².